The lowest BCUT2D eigenvalue weighted by atomic mass is 10.3. The third kappa shape index (κ3) is 2.83. The molecule has 0 bridgehead atoms. The van der Waals surface area contributed by atoms with E-state index in [1.165, 1.54) is 23.7 Å². The Morgan fingerprint density at radius 2 is 1.80 bits per heavy atom. The van der Waals surface area contributed by atoms with Gasteiger partial charge < -0.3 is 0 Å². The molecule has 1 aromatic heterocycles. The lowest BCUT2D eigenvalue weighted by molar-refractivity contribution is 0.518. The molecule has 0 atom stereocenters. The highest BCUT2D eigenvalue weighted by Crippen LogP contribution is 2.29. The van der Waals surface area contributed by atoms with E-state index in [4.69, 9.17) is 0 Å². The van der Waals surface area contributed by atoms with Crippen molar-refractivity contribution >= 4 is 37.3 Å². The van der Waals surface area contributed by atoms with Crippen molar-refractivity contribution < 1.29 is 17.2 Å². The van der Waals surface area contributed by atoms with E-state index in [-0.39, 0.29) is 10.6 Å². The second kappa shape index (κ2) is 6.23. The summed E-state index contributed by atoms with van der Waals surface area (Å²) < 4.78 is 56.1. The van der Waals surface area contributed by atoms with Crippen LogP contribution in [0.3, 0.4) is 0 Å². The van der Waals surface area contributed by atoms with Gasteiger partial charge in [0.2, 0.25) is 0 Å². The van der Waals surface area contributed by atoms with Gasteiger partial charge in [0.25, 0.3) is 10.0 Å². The van der Waals surface area contributed by atoms with Gasteiger partial charge in [-0.25, -0.2) is 17.2 Å². The standard InChI is InChI=1S/C16H14F2N2O3S2/c1-3-20-13-9-10(7-8-14(13)24-16(20)21)19(2)25(22,23)15-11(17)5-4-6-12(15)18/h4-9H,3H2,1-2H3. The number of hydrogen-bond donors (Lipinski definition) is 0. The van der Waals surface area contributed by atoms with Gasteiger partial charge in [-0.3, -0.25) is 13.7 Å². The molecule has 0 aliphatic rings. The van der Waals surface area contributed by atoms with Gasteiger partial charge in [0.1, 0.15) is 11.6 Å². The van der Waals surface area contributed by atoms with Gasteiger partial charge in [-0.15, -0.1) is 0 Å². The highest BCUT2D eigenvalue weighted by atomic mass is 32.2. The van der Waals surface area contributed by atoms with Crippen LogP contribution < -0.4 is 9.18 Å². The molecule has 9 heteroatoms. The average Bonchev–Trinajstić information content (AvgIpc) is 2.87. The fourth-order valence-electron chi connectivity index (χ4n) is 2.55. The number of anilines is 1. The third-order valence-corrected chi connectivity index (χ3v) is 6.67. The molecule has 0 saturated heterocycles. The lowest BCUT2D eigenvalue weighted by Crippen LogP contribution is -2.28. The number of sulfonamides is 1. The Kier molecular flexibility index (Phi) is 4.38. The Morgan fingerprint density at radius 1 is 1.16 bits per heavy atom. The van der Waals surface area contributed by atoms with Crippen LogP contribution in [0.5, 0.6) is 0 Å². The van der Waals surface area contributed by atoms with Crippen molar-refractivity contribution in [2.24, 2.45) is 0 Å². The molecule has 0 radical (unpaired) electrons. The number of aromatic nitrogens is 1. The lowest BCUT2D eigenvalue weighted by Gasteiger charge is -2.20. The molecule has 2 aromatic carbocycles. The number of rotatable bonds is 4. The predicted molar refractivity (Wildman–Crippen MR) is 93.7 cm³/mol. The Morgan fingerprint density at radius 3 is 2.40 bits per heavy atom. The van der Waals surface area contributed by atoms with Gasteiger partial charge in [0.15, 0.2) is 4.90 Å². The highest BCUT2D eigenvalue weighted by molar-refractivity contribution is 7.92. The third-order valence-electron chi connectivity index (χ3n) is 3.87. The van der Waals surface area contributed by atoms with Crippen LogP contribution in [0.2, 0.25) is 0 Å². The summed E-state index contributed by atoms with van der Waals surface area (Å²) in [6.45, 7) is 2.23. The maximum Gasteiger partial charge on any atom is 0.308 e. The van der Waals surface area contributed by atoms with E-state index in [1.807, 2.05) is 0 Å². The smallest absolute Gasteiger partial charge is 0.299 e. The first-order valence-corrected chi connectivity index (χ1v) is 9.59. The van der Waals surface area contributed by atoms with Crippen LogP contribution in [-0.4, -0.2) is 20.0 Å². The van der Waals surface area contributed by atoms with E-state index in [2.05, 4.69) is 0 Å². The van der Waals surface area contributed by atoms with Crippen LogP contribution in [0.1, 0.15) is 6.92 Å². The second-order valence-electron chi connectivity index (χ2n) is 5.29. The van der Waals surface area contributed by atoms with Crippen LogP contribution in [0.25, 0.3) is 10.2 Å². The number of benzene rings is 2. The summed E-state index contributed by atoms with van der Waals surface area (Å²) in [5.74, 6) is -2.32. The molecule has 0 aliphatic heterocycles. The fourth-order valence-corrected chi connectivity index (χ4v) is 4.78. The molecule has 0 fully saturated rings. The summed E-state index contributed by atoms with van der Waals surface area (Å²) >= 11 is 1.05. The molecule has 1 heterocycles. The maximum atomic E-state index is 13.9. The van der Waals surface area contributed by atoms with Crippen LogP contribution >= 0.6 is 11.3 Å². The summed E-state index contributed by atoms with van der Waals surface area (Å²) in [4.78, 5) is 10.8. The summed E-state index contributed by atoms with van der Waals surface area (Å²) in [5, 5.41) is 0. The maximum absolute atomic E-state index is 13.9. The molecule has 0 saturated carbocycles. The molecule has 132 valence electrons. The topological polar surface area (TPSA) is 59.4 Å². The number of halogens is 2. The van der Waals surface area contributed by atoms with Gasteiger partial charge in [-0.1, -0.05) is 17.4 Å². The monoisotopic (exact) mass is 384 g/mol. The Balaban J connectivity index is 2.16. The van der Waals surface area contributed by atoms with E-state index >= 15 is 0 Å². The molecule has 3 aromatic rings. The Labute approximate surface area is 146 Å². The van der Waals surface area contributed by atoms with Crippen molar-refractivity contribution in [2.45, 2.75) is 18.4 Å². The van der Waals surface area contributed by atoms with Gasteiger partial charge in [-0.2, -0.15) is 0 Å². The van der Waals surface area contributed by atoms with E-state index in [0.29, 0.717) is 16.8 Å². The summed E-state index contributed by atoms with van der Waals surface area (Å²) in [5.41, 5.74) is 0.779. The first-order valence-electron chi connectivity index (χ1n) is 7.33. The van der Waals surface area contributed by atoms with Crippen molar-refractivity contribution in [1.82, 2.24) is 4.57 Å². The first-order chi connectivity index (χ1) is 11.8. The average molecular weight is 384 g/mol. The Hall–Kier alpha value is -2.26. The van der Waals surface area contributed by atoms with Crippen molar-refractivity contribution in [3.63, 3.8) is 0 Å². The molecule has 3 rings (SSSR count). The summed E-state index contributed by atoms with van der Waals surface area (Å²) in [6, 6.07) is 7.51. The van der Waals surface area contributed by atoms with Crippen molar-refractivity contribution in [3.8, 4) is 0 Å². The molecule has 5 nitrogen and oxygen atoms in total. The Bertz CT molecular complexity index is 1100. The predicted octanol–water partition coefficient (Wildman–Crippen LogP) is 3.19. The van der Waals surface area contributed by atoms with Crippen LogP contribution in [0, 0.1) is 11.6 Å². The molecule has 0 aliphatic carbocycles. The van der Waals surface area contributed by atoms with Crippen molar-refractivity contribution in [1.29, 1.82) is 0 Å². The normalized spacial score (nSPS) is 11.8. The molecule has 0 amide bonds. The molecule has 0 unspecified atom stereocenters. The van der Waals surface area contributed by atoms with Crippen LogP contribution in [0.4, 0.5) is 14.5 Å². The SMILES string of the molecule is CCn1c(=O)sc2ccc(N(C)S(=O)(=O)c3c(F)cccc3F)cc21. The number of fused-ring (bicyclic) bond motifs is 1. The molecule has 25 heavy (non-hydrogen) atoms. The fraction of sp³-hybridized carbons (Fsp3) is 0.188. The molecular formula is C16H14F2N2O3S2. The van der Waals surface area contributed by atoms with Gasteiger partial charge >= 0.3 is 4.87 Å². The molecule has 0 spiro atoms. The number of aryl methyl sites for hydroxylation is 1. The van der Waals surface area contributed by atoms with Crippen LogP contribution in [0.15, 0.2) is 46.1 Å². The van der Waals surface area contributed by atoms with Crippen LogP contribution in [-0.2, 0) is 16.6 Å². The highest BCUT2D eigenvalue weighted by Gasteiger charge is 2.29. The number of thiazole rings is 1. The van der Waals surface area contributed by atoms with Crippen molar-refractivity contribution in [2.75, 3.05) is 11.4 Å². The minimum absolute atomic E-state index is 0.152. The number of nitrogens with zero attached hydrogens (tertiary/aromatic N) is 2. The molecule has 0 N–H and O–H groups in total. The zero-order valence-corrected chi connectivity index (χ0v) is 15.0. The van der Waals surface area contributed by atoms with E-state index in [0.717, 1.165) is 33.8 Å². The van der Waals surface area contributed by atoms with Gasteiger partial charge in [0, 0.05) is 13.6 Å². The van der Waals surface area contributed by atoms with Gasteiger partial charge in [-0.05, 0) is 37.3 Å². The van der Waals surface area contributed by atoms with Gasteiger partial charge in [0.05, 0.1) is 15.9 Å². The largest absolute Gasteiger partial charge is 0.308 e. The van der Waals surface area contributed by atoms with E-state index in [1.54, 1.807) is 13.0 Å². The minimum Gasteiger partial charge on any atom is -0.299 e. The zero-order chi connectivity index (χ0) is 18.4. The van der Waals surface area contributed by atoms with E-state index < -0.39 is 26.6 Å². The zero-order valence-electron chi connectivity index (χ0n) is 13.4. The van der Waals surface area contributed by atoms with Crippen molar-refractivity contribution in [3.05, 3.63) is 57.7 Å². The first kappa shape index (κ1) is 17.6. The number of hydrogen-bond acceptors (Lipinski definition) is 4. The summed E-state index contributed by atoms with van der Waals surface area (Å²) in [6.07, 6.45) is 0. The molecular weight excluding hydrogens is 370 g/mol. The summed E-state index contributed by atoms with van der Waals surface area (Å²) in [7, 11) is -3.22. The minimum atomic E-state index is -4.44. The quantitative estimate of drug-likeness (QED) is 0.694. The van der Waals surface area contributed by atoms with E-state index in [9.17, 15) is 22.0 Å². The second-order valence-corrected chi connectivity index (χ2v) is 8.19.